The molecule has 1 amide bonds. The van der Waals surface area contributed by atoms with E-state index in [-0.39, 0.29) is 17.6 Å². The van der Waals surface area contributed by atoms with Gasteiger partial charge in [0.2, 0.25) is 5.91 Å². The number of halogens is 2. The standard InChI is InChI=1S/C25H26BrFN2O/c1-17(21-9-10-24(26)23-8-3-2-7-22(21)23)29-13-11-19(12-14-29)25(30)28-16-18-5-4-6-20(27)15-18/h2-10,15,17,19H,11-14,16H2,1H3,(H,28,30). The molecular weight excluding hydrogens is 443 g/mol. The fourth-order valence-corrected chi connectivity index (χ4v) is 4.85. The summed E-state index contributed by atoms with van der Waals surface area (Å²) in [5.74, 6) is -0.186. The average molecular weight is 469 g/mol. The second-order valence-electron chi connectivity index (χ2n) is 8.02. The van der Waals surface area contributed by atoms with Crippen LogP contribution in [0.25, 0.3) is 10.8 Å². The van der Waals surface area contributed by atoms with Crippen LogP contribution < -0.4 is 5.32 Å². The summed E-state index contributed by atoms with van der Waals surface area (Å²) < 4.78 is 14.4. The Labute approximate surface area is 185 Å². The van der Waals surface area contributed by atoms with E-state index in [9.17, 15) is 9.18 Å². The molecule has 1 N–H and O–H groups in total. The van der Waals surface area contributed by atoms with Gasteiger partial charge >= 0.3 is 0 Å². The molecule has 1 aliphatic heterocycles. The lowest BCUT2D eigenvalue weighted by Gasteiger charge is -2.36. The Hall–Kier alpha value is -2.24. The first-order valence-corrected chi connectivity index (χ1v) is 11.3. The lowest BCUT2D eigenvalue weighted by molar-refractivity contribution is -0.126. The van der Waals surface area contributed by atoms with Gasteiger partial charge in [-0.25, -0.2) is 4.39 Å². The summed E-state index contributed by atoms with van der Waals surface area (Å²) in [6.07, 6.45) is 1.68. The van der Waals surface area contributed by atoms with Crippen LogP contribution in [0.5, 0.6) is 0 Å². The maximum absolute atomic E-state index is 13.3. The van der Waals surface area contributed by atoms with Gasteiger partial charge in [0.15, 0.2) is 0 Å². The van der Waals surface area contributed by atoms with Crippen molar-refractivity contribution in [1.29, 1.82) is 0 Å². The molecule has 0 spiro atoms. The number of likely N-dealkylation sites (tertiary alicyclic amines) is 1. The molecule has 0 aliphatic carbocycles. The van der Waals surface area contributed by atoms with Crippen molar-refractivity contribution in [3.8, 4) is 0 Å². The van der Waals surface area contributed by atoms with Gasteiger partial charge in [0.1, 0.15) is 5.82 Å². The number of nitrogens with one attached hydrogen (secondary N) is 1. The molecule has 1 fully saturated rings. The molecule has 0 radical (unpaired) electrons. The number of carbonyl (C=O) groups excluding carboxylic acids is 1. The molecule has 3 nitrogen and oxygen atoms in total. The first-order chi connectivity index (χ1) is 14.5. The number of hydrogen-bond donors (Lipinski definition) is 1. The number of amides is 1. The molecule has 1 atom stereocenters. The maximum Gasteiger partial charge on any atom is 0.223 e. The van der Waals surface area contributed by atoms with Crippen LogP contribution in [0.2, 0.25) is 0 Å². The van der Waals surface area contributed by atoms with Crippen LogP contribution in [-0.2, 0) is 11.3 Å². The SMILES string of the molecule is CC(c1ccc(Br)c2ccccc12)N1CCC(C(=O)NCc2cccc(F)c2)CC1. The highest BCUT2D eigenvalue weighted by atomic mass is 79.9. The Kier molecular flexibility index (Phi) is 6.49. The van der Waals surface area contributed by atoms with Crippen LogP contribution >= 0.6 is 15.9 Å². The van der Waals surface area contributed by atoms with E-state index in [2.05, 4.69) is 69.5 Å². The van der Waals surface area contributed by atoms with E-state index in [1.165, 1.54) is 28.5 Å². The lowest BCUT2D eigenvalue weighted by Crippen LogP contribution is -2.41. The Morgan fingerprint density at radius 3 is 2.57 bits per heavy atom. The zero-order valence-electron chi connectivity index (χ0n) is 17.1. The highest BCUT2D eigenvalue weighted by molar-refractivity contribution is 9.10. The van der Waals surface area contributed by atoms with E-state index in [4.69, 9.17) is 0 Å². The van der Waals surface area contributed by atoms with Gasteiger partial charge in [-0.2, -0.15) is 0 Å². The van der Waals surface area contributed by atoms with E-state index in [0.717, 1.165) is 36.0 Å². The molecule has 30 heavy (non-hydrogen) atoms. The molecular formula is C25H26BrFN2O. The van der Waals surface area contributed by atoms with Crippen molar-refractivity contribution < 1.29 is 9.18 Å². The Morgan fingerprint density at radius 1 is 1.10 bits per heavy atom. The van der Waals surface area contributed by atoms with Crippen molar-refractivity contribution in [2.24, 2.45) is 5.92 Å². The monoisotopic (exact) mass is 468 g/mol. The van der Waals surface area contributed by atoms with Crippen LogP contribution in [0.3, 0.4) is 0 Å². The summed E-state index contributed by atoms with van der Waals surface area (Å²) in [6, 6.07) is 19.5. The molecule has 5 heteroatoms. The summed E-state index contributed by atoms with van der Waals surface area (Å²) in [5.41, 5.74) is 2.11. The predicted octanol–water partition coefficient (Wildman–Crippen LogP) is 5.83. The van der Waals surface area contributed by atoms with Crippen molar-refractivity contribution in [2.45, 2.75) is 32.4 Å². The zero-order valence-corrected chi connectivity index (χ0v) is 18.7. The molecule has 1 heterocycles. The third-order valence-corrected chi connectivity index (χ3v) is 6.85. The van der Waals surface area contributed by atoms with Gasteiger partial charge in [-0.1, -0.05) is 58.4 Å². The van der Waals surface area contributed by atoms with Crippen molar-refractivity contribution in [3.63, 3.8) is 0 Å². The molecule has 0 aromatic heterocycles. The van der Waals surface area contributed by atoms with E-state index in [1.54, 1.807) is 6.07 Å². The van der Waals surface area contributed by atoms with Gasteiger partial charge in [0.05, 0.1) is 0 Å². The van der Waals surface area contributed by atoms with E-state index >= 15 is 0 Å². The minimum atomic E-state index is -0.274. The molecule has 156 valence electrons. The van der Waals surface area contributed by atoms with Gasteiger partial charge in [0, 0.05) is 23.0 Å². The van der Waals surface area contributed by atoms with E-state index < -0.39 is 0 Å². The van der Waals surface area contributed by atoms with Gasteiger partial charge in [-0.3, -0.25) is 9.69 Å². The first kappa shape index (κ1) is 21.0. The van der Waals surface area contributed by atoms with Gasteiger partial charge in [0.25, 0.3) is 0 Å². The summed E-state index contributed by atoms with van der Waals surface area (Å²) in [4.78, 5) is 15.1. The molecule has 1 unspecified atom stereocenters. The van der Waals surface area contributed by atoms with Crippen LogP contribution in [0, 0.1) is 11.7 Å². The Bertz CT molecular complexity index is 1050. The van der Waals surface area contributed by atoms with Crippen LogP contribution in [0.4, 0.5) is 4.39 Å². The Morgan fingerprint density at radius 2 is 1.83 bits per heavy atom. The van der Waals surface area contributed by atoms with Crippen LogP contribution in [0.15, 0.2) is 65.1 Å². The second-order valence-corrected chi connectivity index (χ2v) is 8.87. The first-order valence-electron chi connectivity index (χ1n) is 10.5. The number of carbonyl (C=O) groups is 1. The molecule has 3 aromatic carbocycles. The minimum absolute atomic E-state index is 0.0173. The van der Waals surface area contributed by atoms with Gasteiger partial charge in [-0.05, 0) is 73.0 Å². The summed E-state index contributed by atoms with van der Waals surface area (Å²) in [6.45, 7) is 4.41. The third-order valence-electron chi connectivity index (χ3n) is 6.16. The average Bonchev–Trinajstić information content (AvgIpc) is 2.78. The molecule has 3 aromatic rings. The summed E-state index contributed by atoms with van der Waals surface area (Å²) in [5, 5.41) is 5.48. The fourth-order valence-electron chi connectivity index (χ4n) is 4.38. The molecule has 0 bridgehead atoms. The second kappa shape index (κ2) is 9.27. The maximum atomic E-state index is 13.3. The summed E-state index contributed by atoms with van der Waals surface area (Å²) >= 11 is 3.66. The predicted molar refractivity (Wildman–Crippen MR) is 123 cm³/mol. The fraction of sp³-hybridized carbons (Fsp3) is 0.320. The number of fused-ring (bicyclic) bond motifs is 1. The minimum Gasteiger partial charge on any atom is -0.352 e. The molecule has 1 aliphatic rings. The normalized spacial score (nSPS) is 16.5. The number of rotatable bonds is 5. The van der Waals surface area contributed by atoms with Crippen LogP contribution in [0.1, 0.15) is 36.9 Å². The lowest BCUT2D eigenvalue weighted by atomic mass is 9.92. The van der Waals surface area contributed by atoms with Crippen molar-refractivity contribution in [2.75, 3.05) is 13.1 Å². The quantitative estimate of drug-likeness (QED) is 0.510. The molecule has 4 rings (SSSR count). The number of benzene rings is 3. The van der Waals surface area contributed by atoms with Gasteiger partial charge < -0.3 is 5.32 Å². The van der Waals surface area contributed by atoms with Crippen LogP contribution in [-0.4, -0.2) is 23.9 Å². The van der Waals surface area contributed by atoms with Crippen molar-refractivity contribution >= 4 is 32.6 Å². The van der Waals surface area contributed by atoms with Gasteiger partial charge in [-0.15, -0.1) is 0 Å². The van der Waals surface area contributed by atoms with Crippen molar-refractivity contribution in [1.82, 2.24) is 10.2 Å². The highest BCUT2D eigenvalue weighted by Gasteiger charge is 2.28. The zero-order chi connectivity index (χ0) is 21.1. The van der Waals surface area contributed by atoms with E-state index in [0.29, 0.717) is 12.6 Å². The number of hydrogen-bond acceptors (Lipinski definition) is 2. The largest absolute Gasteiger partial charge is 0.352 e. The molecule has 1 saturated heterocycles. The van der Waals surface area contributed by atoms with Crippen molar-refractivity contribution in [3.05, 3.63) is 82.1 Å². The molecule has 0 saturated carbocycles. The summed E-state index contributed by atoms with van der Waals surface area (Å²) in [7, 11) is 0. The number of piperidine rings is 1. The third kappa shape index (κ3) is 4.57. The number of nitrogens with zero attached hydrogens (tertiary/aromatic N) is 1. The smallest absolute Gasteiger partial charge is 0.223 e. The topological polar surface area (TPSA) is 32.3 Å². The Balaban J connectivity index is 1.36. The van der Waals surface area contributed by atoms with E-state index in [1.807, 2.05) is 6.07 Å². The highest BCUT2D eigenvalue weighted by Crippen LogP contribution is 2.34.